The molecule has 108 valence electrons. The van der Waals surface area contributed by atoms with Gasteiger partial charge in [-0.2, -0.15) is 26.3 Å². The van der Waals surface area contributed by atoms with Gasteiger partial charge in [0.1, 0.15) is 0 Å². The van der Waals surface area contributed by atoms with Gasteiger partial charge in [-0.3, -0.25) is 0 Å². The van der Waals surface area contributed by atoms with Crippen molar-refractivity contribution in [3.63, 3.8) is 0 Å². The maximum atomic E-state index is 11.7. The normalized spacial score (nSPS) is 12.4. The number of carbonyl (C=O) groups is 2. The van der Waals surface area contributed by atoms with E-state index < -0.39 is 30.1 Å². The third kappa shape index (κ3) is 6.27. The van der Waals surface area contributed by atoms with Gasteiger partial charge in [0, 0.05) is 13.8 Å². The molecule has 0 aliphatic heterocycles. The Hall–Kier alpha value is -1.52. The van der Waals surface area contributed by atoms with Gasteiger partial charge in [-0.25, -0.2) is 9.59 Å². The second-order valence-electron chi connectivity index (χ2n) is 3.17. The van der Waals surface area contributed by atoms with E-state index in [-0.39, 0.29) is 6.15 Å². The van der Waals surface area contributed by atoms with Gasteiger partial charge in [-0.05, 0) is 0 Å². The molecular formula is C7H9F6NO4. The smallest absolute Gasteiger partial charge is 0.416 e. The first-order valence-corrected chi connectivity index (χ1v) is 3.86. The summed E-state index contributed by atoms with van der Waals surface area (Å²) in [5, 5.41) is 0. The van der Waals surface area contributed by atoms with Crippen LogP contribution in [0.3, 0.4) is 0 Å². The molecule has 3 N–H and O–H groups in total. The Kier molecular flexibility index (Phi) is 5.67. The van der Waals surface area contributed by atoms with Crippen LogP contribution in [0.4, 0.5) is 26.3 Å². The van der Waals surface area contributed by atoms with Crippen LogP contribution in [0, 0.1) is 0 Å². The molecule has 0 bridgehead atoms. The Morgan fingerprint density at radius 3 is 1.17 bits per heavy atom. The monoisotopic (exact) mass is 285 g/mol. The molecule has 0 atom stereocenters. The van der Waals surface area contributed by atoms with Crippen molar-refractivity contribution in [2.75, 3.05) is 0 Å². The third-order valence-electron chi connectivity index (χ3n) is 1.14. The fraction of sp³-hybridized carbons (Fsp3) is 0.714. The minimum absolute atomic E-state index is 0. The van der Waals surface area contributed by atoms with Crippen molar-refractivity contribution >= 4 is 11.9 Å². The van der Waals surface area contributed by atoms with Gasteiger partial charge in [0.15, 0.2) is 0 Å². The van der Waals surface area contributed by atoms with Gasteiger partial charge < -0.3 is 15.6 Å². The quantitative estimate of drug-likeness (QED) is 0.477. The topological polar surface area (TPSA) is 87.6 Å². The minimum atomic E-state index is -5.40. The van der Waals surface area contributed by atoms with E-state index in [0.717, 1.165) is 0 Å². The van der Waals surface area contributed by atoms with Crippen LogP contribution in [0.25, 0.3) is 0 Å². The molecule has 0 rings (SSSR count). The molecule has 0 unspecified atom stereocenters. The maximum absolute atomic E-state index is 11.7. The first-order chi connectivity index (χ1) is 7.26. The molecule has 18 heavy (non-hydrogen) atoms. The van der Waals surface area contributed by atoms with Crippen molar-refractivity contribution in [3.8, 4) is 0 Å². The molecule has 0 aliphatic rings. The van der Waals surface area contributed by atoms with Crippen LogP contribution in [0.2, 0.25) is 0 Å². The first kappa shape index (κ1) is 18.8. The minimum Gasteiger partial charge on any atom is -0.416 e. The van der Waals surface area contributed by atoms with Gasteiger partial charge >= 0.3 is 24.3 Å². The highest BCUT2D eigenvalue weighted by molar-refractivity contribution is 5.78. The average Bonchev–Trinajstić information content (AvgIpc) is 1.97. The van der Waals surface area contributed by atoms with Crippen molar-refractivity contribution in [1.82, 2.24) is 6.15 Å². The lowest BCUT2D eigenvalue weighted by atomic mass is 10.4. The van der Waals surface area contributed by atoms with Gasteiger partial charge in [0.2, 0.25) is 0 Å². The third-order valence-corrected chi connectivity index (χ3v) is 1.14. The Bertz CT molecular complexity index is 291. The molecule has 0 aromatic carbocycles. The molecule has 0 fully saturated rings. The van der Waals surface area contributed by atoms with E-state index in [1.165, 1.54) is 0 Å². The SMILES string of the molecule is CC(C)(OC(=O)C(F)(F)F)OC(=O)C(F)(F)F.N. The molecule has 0 aromatic heterocycles. The van der Waals surface area contributed by atoms with Crippen LogP contribution >= 0.6 is 0 Å². The molecule has 5 nitrogen and oxygen atoms in total. The molecule has 0 saturated carbocycles. The van der Waals surface area contributed by atoms with Crippen LogP contribution in [0.1, 0.15) is 13.8 Å². The Morgan fingerprint density at radius 2 is 1.00 bits per heavy atom. The number of esters is 2. The molecule has 0 saturated heterocycles. The number of ether oxygens (including phenoxy) is 2. The fourth-order valence-electron chi connectivity index (χ4n) is 0.583. The van der Waals surface area contributed by atoms with Gasteiger partial charge in [-0.15, -0.1) is 0 Å². The lowest BCUT2D eigenvalue weighted by molar-refractivity contribution is -0.263. The summed E-state index contributed by atoms with van der Waals surface area (Å²) < 4.78 is 77.4. The zero-order chi connectivity index (χ0) is 14.1. The van der Waals surface area contributed by atoms with Crippen LogP contribution in [-0.2, 0) is 19.1 Å². The van der Waals surface area contributed by atoms with E-state index in [2.05, 4.69) is 9.47 Å². The summed E-state index contributed by atoms with van der Waals surface area (Å²) in [6.07, 6.45) is -10.8. The molecule has 0 aromatic rings. The predicted molar refractivity (Wildman–Crippen MR) is 43.4 cm³/mol. The molecule has 0 heterocycles. The Balaban J connectivity index is 0. The number of alkyl halides is 6. The Morgan fingerprint density at radius 1 is 0.778 bits per heavy atom. The van der Waals surface area contributed by atoms with Gasteiger partial charge in [0.05, 0.1) is 0 Å². The summed E-state index contributed by atoms with van der Waals surface area (Å²) in [4.78, 5) is 20.6. The summed E-state index contributed by atoms with van der Waals surface area (Å²) in [5.41, 5.74) is 0. The molecule has 0 radical (unpaired) electrons. The first-order valence-electron chi connectivity index (χ1n) is 3.86. The van der Waals surface area contributed by atoms with E-state index in [9.17, 15) is 35.9 Å². The molecule has 11 heteroatoms. The second-order valence-corrected chi connectivity index (χ2v) is 3.17. The standard InChI is InChI=1S/C7H6F6O4.H3N/c1-5(2,16-3(14)6(8,9)10)17-4(15)7(11,12)13;/h1-2H3;1H3. The van der Waals surface area contributed by atoms with Gasteiger partial charge in [-0.1, -0.05) is 0 Å². The predicted octanol–water partition coefficient (Wildman–Crippen LogP) is 2.10. The molecule has 0 aliphatic carbocycles. The van der Waals surface area contributed by atoms with E-state index in [0.29, 0.717) is 13.8 Å². The van der Waals surface area contributed by atoms with Crippen molar-refractivity contribution in [2.45, 2.75) is 32.0 Å². The summed E-state index contributed by atoms with van der Waals surface area (Å²) in [5.74, 6) is -8.21. The second kappa shape index (κ2) is 5.42. The number of halogens is 6. The lowest BCUT2D eigenvalue weighted by Crippen LogP contribution is -2.42. The highest BCUT2D eigenvalue weighted by Gasteiger charge is 2.48. The maximum Gasteiger partial charge on any atom is 0.491 e. The summed E-state index contributed by atoms with van der Waals surface area (Å²) >= 11 is 0. The number of carbonyl (C=O) groups excluding carboxylic acids is 2. The highest BCUT2D eigenvalue weighted by Crippen LogP contribution is 2.25. The van der Waals surface area contributed by atoms with Crippen molar-refractivity contribution < 1.29 is 45.4 Å². The van der Waals surface area contributed by atoms with E-state index in [1.807, 2.05) is 0 Å². The van der Waals surface area contributed by atoms with E-state index >= 15 is 0 Å². The number of hydrogen-bond acceptors (Lipinski definition) is 5. The van der Waals surface area contributed by atoms with Crippen molar-refractivity contribution in [2.24, 2.45) is 0 Å². The van der Waals surface area contributed by atoms with Crippen molar-refractivity contribution in [3.05, 3.63) is 0 Å². The zero-order valence-electron chi connectivity index (χ0n) is 9.11. The van der Waals surface area contributed by atoms with Crippen LogP contribution in [-0.4, -0.2) is 30.1 Å². The highest BCUT2D eigenvalue weighted by atomic mass is 19.4. The fourth-order valence-corrected chi connectivity index (χ4v) is 0.583. The van der Waals surface area contributed by atoms with Crippen LogP contribution < -0.4 is 6.15 Å². The van der Waals surface area contributed by atoms with Gasteiger partial charge in [0.25, 0.3) is 5.79 Å². The van der Waals surface area contributed by atoms with Crippen LogP contribution in [0.5, 0.6) is 0 Å². The average molecular weight is 285 g/mol. The van der Waals surface area contributed by atoms with Crippen molar-refractivity contribution in [1.29, 1.82) is 0 Å². The summed E-state index contributed by atoms with van der Waals surface area (Å²) in [7, 11) is 0. The Labute approximate surface area is 96.6 Å². The molecule has 0 spiro atoms. The molecular weight excluding hydrogens is 276 g/mol. The summed E-state index contributed by atoms with van der Waals surface area (Å²) in [6, 6.07) is 0. The lowest BCUT2D eigenvalue weighted by Gasteiger charge is -2.25. The molecule has 0 amide bonds. The van der Waals surface area contributed by atoms with E-state index in [1.54, 1.807) is 0 Å². The largest absolute Gasteiger partial charge is 0.491 e. The number of hydrogen-bond donors (Lipinski definition) is 1. The zero-order valence-corrected chi connectivity index (χ0v) is 9.11. The van der Waals surface area contributed by atoms with E-state index in [4.69, 9.17) is 0 Å². The number of rotatable bonds is 2. The summed E-state index contributed by atoms with van der Waals surface area (Å²) in [6.45, 7) is 1.11. The van der Waals surface area contributed by atoms with Crippen LogP contribution in [0.15, 0.2) is 0 Å².